The molecule has 0 saturated heterocycles. The van der Waals surface area contributed by atoms with Gasteiger partial charge in [0.2, 0.25) is 0 Å². The van der Waals surface area contributed by atoms with Gasteiger partial charge in [0, 0.05) is 34.5 Å². The number of para-hydroxylation sites is 3. The molecule has 42 heavy (non-hydrogen) atoms. The summed E-state index contributed by atoms with van der Waals surface area (Å²) in [5.41, 5.74) is 4.86. The first-order valence-corrected chi connectivity index (χ1v) is 14.0. The first-order chi connectivity index (χ1) is 20.4. The lowest BCUT2D eigenvalue weighted by atomic mass is 9.71. The van der Waals surface area contributed by atoms with Gasteiger partial charge in [0.15, 0.2) is 17.3 Å². The van der Waals surface area contributed by atoms with Crippen molar-refractivity contribution in [3.63, 3.8) is 0 Å². The molecule has 0 unspecified atom stereocenters. The summed E-state index contributed by atoms with van der Waals surface area (Å²) in [6, 6.07) is 20.6. The Morgan fingerprint density at radius 2 is 1.57 bits per heavy atom. The molecule has 2 atom stereocenters. The van der Waals surface area contributed by atoms with E-state index in [0.29, 0.717) is 65.0 Å². The van der Waals surface area contributed by atoms with Gasteiger partial charge in [0.25, 0.3) is 5.91 Å². The Hall–Kier alpha value is -4.72. The van der Waals surface area contributed by atoms with E-state index < -0.39 is 5.92 Å². The van der Waals surface area contributed by atoms with Crippen LogP contribution in [0.5, 0.6) is 23.0 Å². The van der Waals surface area contributed by atoms with Crippen LogP contribution in [-0.4, -0.2) is 39.6 Å². The molecule has 0 saturated carbocycles. The minimum Gasteiger partial charge on any atom is -0.495 e. The van der Waals surface area contributed by atoms with Crippen LogP contribution in [0.25, 0.3) is 0 Å². The summed E-state index contributed by atoms with van der Waals surface area (Å²) < 4.78 is 22.4. The number of rotatable bonds is 9. The lowest BCUT2D eigenvalue weighted by Gasteiger charge is -2.37. The Morgan fingerprint density at radius 3 is 2.29 bits per heavy atom. The molecule has 0 spiro atoms. The number of allylic oxidation sites excluding steroid dienone is 3. The number of nitrogens with one attached hydrogen (secondary N) is 2. The van der Waals surface area contributed by atoms with Crippen molar-refractivity contribution >= 4 is 17.4 Å². The molecule has 0 fully saturated rings. The Bertz CT molecular complexity index is 1570. The summed E-state index contributed by atoms with van der Waals surface area (Å²) in [5, 5.41) is 6.46. The summed E-state index contributed by atoms with van der Waals surface area (Å²) in [7, 11) is 4.76. The predicted molar refractivity (Wildman–Crippen MR) is 161 cm³/mol. The molecule has 0 bridgehead atoms. The van der Waals surface area contributed by atoms with Crippen molar-refractivity contribution in [1.82, 2.24) is 5.32 Å². The van der Waals surface area contributed by atoms with Gasteiger partial charge in [0.1, 0.15) is 11.5 Å². The summed E-state index contributed by atoms with van der Waals surface area (Å²) in [6.45, 7) is 4.25. The fourth-order valence-corrected chi connectivity index (χ4v) is 5.94. The average molecular weight is 569 g/mol. The second kappa shape index (κ2) is 12.4. The minimum atomic E-state index is -0.613. The van der Waals surface area contributed by atoms with E-state index in [1.165, 1.54) is 0 Å². The Morgan fingerprint density at radius 1 is 0.881 bits per heavy atom. The SMILES string of the molecule is CCOc1ccccc1[C@H]1C(C(=O)Nc2ccccc2OC)=C(C)NC2=C1C(=O)C[C@H](c1ccc(OC)c(OC)c1)C2. The zero-order chi connectivity index (χ0) is 29.8. The number of carbonyl (C=O) groups excluding carboxylic acids is 2. The van der Waals surface area contributed by atoms with Gasteiger partial charge in [-0.2, -0.15) is 0 Å². The van der Waals surface area contributed by atoms with Crippen LogP contribution < -0.4 is 29.6 Å². The van der Waals surface area contributed by atoms with E-state index in [9.17, 15) is 9.59 Å². The van der Waals surface area contributed by atoms with Crippen LogP contribution in [-0.2, 0) is 9.59 Å². The van der Waals surface area contributed by atoms with Crippen LogP contribution in [0.3, 0.4) is 0 Å². The number of benzene rings is 3. The predicted octanol–water partition coefficient (Wildman–Crippen LogP) is 6.11. The van der Waals surface area contributed by atoms with Crippen LogP contribution in [0, 0.1) is 0 Å². The molecule has 1 aliphatic heterocycles. The van der Waals surface area contributed by atoms with Gasteiger partial charge in [-0.15, -0.1) is 0 Å². The second-order valence-corrected chi connectivity index (χ2v) is 10.3. The molecule has 3 aromatic carbocycles. The molecule has 2 aliphatic rings. The zero-order valence-corrected chi connectivity index (χ0v) is 24.6. The standard InChI is InChI=1S/C34H36N2O6/c1-6-42-27-13-9-7-11-23(27)32-31(34(38)36-24-12-8-10-14-28(24)39-3)20(2)35-25-17-22(18-26(37)33(25)32)21-15-16-29(40-4)30(19-21)41-5/h7-16,19,22,32,35H,6,17-18H2,1-5H3,(H,36,38)/t22-,32+/m1/s1. The van der Waals surface area contributed by atoms with Crippen molar-refractivity contribution < 1.29 is 28.5 Å². The van der Waals surface area contributed by atoms with Crippen LogP contribution >= 0.6 is 0 Å². The van der Waals surface area contributed by atoms with E-state index in [1.807, 2.05) is 68.4 Å². The highest BCUT2D eigenvalue weighted by atomic mass is 16.5. The highest BCUT2D eigenvalue weighted by Crippen LogP contribution is 2.48. The van der Waals surface area contributed by atoms with E-state index in [0.717, 1.165) is 16.8 Å². The smallest absolute Gasteiger partial charge is 0.254 e. The third kappa shape index (κ3) is 5.44. The third-order valence-corrected chi connectivity index (χ3v) is 7.84. The number of dihydropyridines is 1. The normalized spacial score (nSPS) is 18.2. The molecule has 218 valence electrons. The molecular weight excluding hydrogens is 532 g/mol. The Labute approximate surface area is 246 Å². The second-order valence-electron chi connectivity index (χ2n) is 10.3. The van der Waals surface area contributed by atoms with Gasteiger partial charge in [-0.25, -0.2) is 0 Å². The van der Waals surface area contributed by atoms with E-state index in [2.05, 4.69) is 10.6 Å². The van der Waals surface area contributed by atoms with Gasteiger partial charge in [-0.1, -0.05) is 36.4 Å². The number of hydrogen-bond acceptors (Lipinski definition) is 7. The zero-order valence-electron chi connectivity index (χ0n) is 24.6. The number of hydrogen-bond donors (Lipinski definition) is 2. The third-order valence-electron chi connectivity index (χ3n) is 7.84. The van der Waals surface area contributed by atoms with Crippen molar-refractivity contribution in [2.75, 3.05) is 33.3 Å². The maximum Gasteiger partial charge on any atom is 0.254 e. The number of ether oxygens (including phenoxy) is 4. The highest BCUT2D eigenvalue weighted by molar-refractivity contribution is 6.10. The van der Waals surface area contributed by atoms with Gasteiger partial charge >= 0.3 is 0 Å². The lowest BCUT2D eigenvalue weighted by molar-refractivity contribution is -0.116. The summed E-state index contributed by atoms with van der Waals surface area (Å²) in [6.07, 6.45) is 0.895. The molecule has 0 aromatic heterocycles. The van der Waals surface area contributed by atoms with Crippen molar-refractivity contribution in [3.05, 3.63) is 100 Å². The van der Waals surface area contributed by atoms with Crippen molar-refractivity contribution in [2.45, 2.75) is 38.5 Å². The fraction of sp³-hybridized carbons (Fsp3) is 0.294. The number of anilines is 1. The fourth-order valence-electron chi connectivity index (χ4n) is 5.94. The number of methoxy groups -OCH3 is 3. The van der Waals surface area contributed by atoms with Crippen molar-refractivity contribution in [1.29, 1.82) is 0 Å². The van der Waals surface area contributed by atoms with Crippen LogP contribution in [0.15, 0.2) is 89.3 Å². The molecule has 8 heteroatoms. The van der Waals surface area contributed by atoms with Gasteiger partial charge in [-0.3, -0.25) is 9.59 Å². The maximum atomic E-state index is 14.1. The van der Waals surface area contributed by atoms with Gasteiger partial charge in [-0.05, 0) is 62.1 Å². The molecule has 1 aliphatic carbocycles. The molecule has 1 heterocycles. The maximum absolute atomic E-state index is 14.1. The van der Waals surface area contributed by atoms with Crippen LogP contribution in [0.4, 0.5) is 5.69 Å². The summed E-state index contributed by atoms with van der Waals surface area (Å²) in [5.74, 6) is 1.43. The topological polar surface area (TPSA) is 95.1 Å². The van der Waals surface area contributed by atoms with Gasteiger partial charge < -0.3 is 29.6 Å². The van der Waals surface area contributed by atoms with Crippen molar-refractivity contribution in [3.8, 4) is 23.0 Å². The number of ketones is 1. The number of carbonyl (C=O) groups is 2. The molecule has 1 amide bonds. The first kappa shape index (κ1) is 28.8. The molecule has 5 rings (SSSR count). The molecule has 3 aromatic rings. The molecule has 2 N–H and O–H groups in total. The van der Waals surface area contributed by atoms with E-state index in [4.69, 9.17) is 18.9 Å². The number of Topliss-reactive ketones (excluding diaryl/α,β-unsaturated/α-hetero) is 1. The molecule has 8 nitrogen and oxygen atoms in total. The van der Waals surface area contributed by atoms with Crippen molar-refractivity contribution in [2.24, 2.45) is 0 Å². The Balaban J connectivity index is 1.59. The monoisotopic (exact) mass is 568 g/mol. The Kier molecular flexibility index (Phi) is 8.52. The lowest BCUT2D eigenvalue weighted by Crippen LogP contribution is -2.37. The van der Waals surface area contributed by atoms with E-state index in [1.54, 1.807) is 33.5 Å². The van der Waals surface area contributed by atoms with E-state index in [-0.39, 0.29) is 17.6 Å². The van der Waals surface area contributed by atoms with Crippen LogP contribution in [0.2, 0.25) is 0 Å². The van der Waals surface area contributed by atoms with Gasteiger partial charge in [0.05, 0.1) is 39.5 Å². The summed E-state index contributed by atoms with van der Waals surface area (Å²) in [4.78, 5) is 28.1. The van der Waals surface area contributed by atoms with E-state index >= 15 is 0 Å². The minimum absolute atomic E-state index is 0.0186. The summed E-state index contributed by atoms with van der Waals surface area (Å²) >= 11 is 0. The quantitative estimate of drug-likeness (QED) is 0.322. The average Bonchev–Trinajstić information content (AvgIpc) is 3.00. The molecular formula is C34H36N2O6. The molecule has 0 radical (unpaired) electrons. The van der Waals surface area contributed by atoms with Crippen LogP contribution in [0.1, 0.15) is 49.7 Å². The number of amides is 1. The largest absolute Gasteiger partial charge is 0.495 e. The first-order valence-electron chi connectivity index (χ1n) is 14.0. The highest BCUT2D eigenvalue weighted by Gasteiger charge is 2.42.